The van der Waals surface area contributed by atoms with Crippen molar-refractivity contribution >= 4 is 17.4 Å². The van der Waals surface area contributed by atoms with Crippen LogP contribution < -0.4 is 10.2 Å². The van der Waals surface area contributed by atoms with Gasteiger partial charge in [0.05, 0.1) is 5.02 Å². The van der Waals surface area contributed by atoms with E-state index in [0.29, 0.717) is 5.41 Å². The summed E-state index contributed by atoms with van der Waals surface area (Å²) in [6.45, 7) is 10.7. The van der Waals surface area contributed by atoms with Gasteiger partial charge >= 0.3 is 0 Å². The Hall–Kier alpha value is -0.800. The van der Waals surface area contributed by atoms with Gasteiger partial charge < -0.3 is 10.2 Å². The molecule has 1 fully saturated rings. The molecular formula is C15H24ClN3. The van der Waals surface area contributed by atoms with E-state index in [1.54, 1.807) is 0 Å². The number of anilines is 1. The quantitative estimate of drug-likeness (QED) is 0.838. The van der Waals surface area contributed by atoms with Crippen LogP contribution in [0.4, 0.5) is 5.82 Å². The van der Waals surface area contributed by atoms with Gasteiger partial charge in [-0.05, 0) is 36.4 Å². The summed E-state index contributed by atoms with van der Waals surface area (Å²) in [4.78, 5) is 6.86. The molecule has 0 saturated carbocycles. The average Bonchev–Trinajstić information content (AvgIpc) is 2.70. The molecule has 1 aromatic rings. The smallest absolute Gasteiger partial charge is 0.147 e. The van der Waals surface area contributed by atoms with Gasteiger partial charge in [-0.3, -0.25) is 0 Å². The van der Waals surface area contributed by atoms with Gasteiger partial charge in [0, 0.05) is 25.8 Å². The second kappa shape index (κ2) is 6.10. The molecule has 2 heterocycles. The molecule has 0 aliphatic carbocycles. The minimum absolute atomic E-state index is 0.367. The molecule has 1 aliphatic rings. The van der Waals surface area contributed by atoms with E-state index in [-0.39, 0.29) is 0 Å². The molecule has 1 N–H and O–H groups in total. The van der Waals surface area contributed by atoms with Gasteiger partial charge in [-0.2, -0.15) is 0 Å². The normalized spacial score (nSPS) is 18.0. The van der Waals surface area contributed by atoms with Gasteiger partial charge in [-0.25, -0.2) is 4.98 Å². The first-order valence-corrected chi connectivity index (χ1v) is 7.50. The van der Waals surface area contributed by atoms with Crippen molar-refractivity contribution in [2.75, 3.05) is 24.5 Å². The average molecular weight is 282 g/mol. The van der Waals surface area contributed by atoms with Crippen LogP contribution in [0.2, 0.25) is 5.02 Å². The van der Waals surface area contributed by atoms with Crippen molar-refractivity contribution < 1.29 is 0 Å². The third-order valence-electron chi connectivity index (χ3n) is 3.61. The Bertz CT molecular complexity index is 431. The third kappa shape index (κ3) is 3.83. The maximum Gasteiger partial charge on any atom is 0.147 e. The Morgan fingerprint density at radius 3 is 2.84 bits per heavy atom. The maximum atomic E-state index is 6.38. The minimum Gasteiger partial charge on any atom is -0.355 e. The van der Waals surface area contributed by atoms with Crippen molar-refractivity contribution in [1.82, 2.24) is 10.3 Å². The van der Waals surface area contributed by atoms with Gasteiger partial charge in [-0.1, -0.05) is 32.4 Å². The number of hydrogen-bond donors (Lipinski definition) is 1. The molecule has 0 unspecified atom stereocenters. The molecule has 0 amide bonds. The van der Waals surface area contributed by atoms with Crippen LogP contribution >= 0.6 is 11.6 Å². The fourth-order valence-corrected chi connectivity index (χ4v) is 2.81. The zero-order chi connectivity index (χ0) is 13.9. The van der Waals surface area contributed by atoms with Crippen LogP contribution in [0.1, 0.15) is 39.2 Å². The Kier molecular flexibility index (Phi) is 4.69. The number of nitrogens with zero attached hydrogens (tertiary/aromatic N) is 2. The van der Waals surface area contributed by atoms with Crippen LogP contribution in [0.3, 0.4) is 0 Å². The maximum absolute atomic E-state index is 6.38. The lowest BCUT2D eigenvalue weighted by atomic mass is 9.93. The predicted molar refractivity (Wildman–Crippen MR) is 81.9 cm³/mol. The van der Waals surface area contributed by atoms with Crippen molar-refractivity contribution in [3.8, 4) is 0 Å². The van der Waals surface area contributed by atoms with E-state index in [1.165, 1.54) is 6.42 Å². The molecular weight excluding hydrogens is 258 g/mol. The number of rotatable bonds is 5. The summed E-state index contributed by atoms with van der Waals surface area (Å²) in [5.74, 6) is 0.937. The molecule has 0 atom stereocenters. The molecule has 0 aromatic carbocycles. The molecule has 1 aromatic heterocycles. The van der Waals surface area contributed by atoms with Crippen LogP contribution in [0, 0.1) is 5.41 Å². The zero-order valence-electron chi connectivity index (χ0n) is 12.2. The number of hydrogen-bond acceptors (Lipinski definition) is 3. The largest absolute Gasteiger partial charge is 0.355 e. The Morgan fingerprint density at radius 1 is 1.47 bits per heavy atom. The lowest BCUT2D eigenvalue weighted by Crippen LogP contribution is -2.24. The van der Waals surface area contributed by atoms with Gasteiger partial charge in [-0.15, -0.1) is 0 Å². The van der Waals surface area contributed by atoms with E-state index in [0.717, 1.165) is 49.0 Å². The van der Waals surface area contributed by atoms with E-state index in [2.05, 4.69) is 36.0 Å². The van der Waals surface area contributed by atoms with Crippen molar-refractivity contribution in [1.29, 1.82) is 0 Å². The molecule has 2 rings (SSSR count). The summed E-state index contributed by atoms with van der Waals surface area (Å²) in [6.07, 6.45) is 4.28. The van der Waals surface area contributed by atoms with Crippen LogP contribution in [0.25, 0.3) is 0 Å². The van der Waals surface area contributed by atoms with Crippen LogP contribution in [-0.4, -0.2) is 24.6 Å². The number of aromatic nitrogens is 1. The Morgan fingerprint density at radius 2 is 2.26 bits per heavy atom. The molecule has 0 radical (unpaired) electrons. The van der Waals surface area contributed by atoms with Gasteiger partial charge in [0.25, 0.3) is 0 Å². The predicted octanol–water partition coefficient (Wildman–Crippen LogP) is 3.47. The zero-order valence-corrected chi connectivity index (χ0v) is 12.9. The number of pyridine rings is 1. The van der Waals surface area contributed by atoms with E-state index in [1.807, 2.05) is 12.3 Å². The van der Waals surface area contributed by atoms with Crippen molar-refractivity contribution in [3.05, 3.63) is 22.8 Å². The molecule has 106 valence electrons. The molecule has 3 nitrogen and oxygen atoms in total. The lowest BCUT2D eigenvalue weighted by Gasteiger charge is -2.21. The summed E-state index contributed by atoms with van der Waals surface area (Å²) < 4.78 is 0. The topological polar surface area (TPSA) is 28.2 Å². The van der Waals surface area contributed by atoms with Crippen molar-refractivity contribution in [2.24, 2.45) is 5.41 Å². The molecule has 0 spiro atoms. The first-order valence-electron chi connectivity index (χ1n) is 7.12. The van der Waals surface area contributed by atoms with Gasteiger partial charge in [0.1, 0.15) is 5.82 Å². The highest BCUT2D eigenvalue weighted by atomic mass is 35.5. The standard InChI is InChI=1S/C15H24ClN3/c1-4-6-17-9-12-8-13(16)14(18-10-12)19-7-5-15(2,3)11-19/h8,10,17H,4-7,9,11H2,1-3H3. The van der Waals surface area contributed by atoms with Gasteiger partial charge in [0.15, 0.2) is 0 Å². The van der Waals surface area contributed by atoms with E-state index >= 15 is 0 Å². The summed E-state index contributed by atoms with van der Waals surface area (Å²) in [5.41, 5.74) is 1.52. The SMILES string of the molecule is CCCNCc1cnc(N2CCC(C)(C)C2)c(Cl)c1. The fraction of sp³-hybridized carbons (Fsp3) is 0.667. The van der Waals surface area contributed by atoms with E-state index in [9.17, 15) is 0 Å². The molecule has 0 bridgehead atoms. The van der Waals surface area contributed by atoms with Gasteiger partial charge in [0.2, 0.25) is 0 Å². The van der Waals surface area contributed by atoms with Crippen LogP contribution in [0.15, 0.2) is 12.3 Å². The number of halogens is 1. The van der Waals surface area contributed by atoms with Crippen molar-refractivity contribution in [2.45, 2.75) is 40.2 Å². The lowest BCUT2D eigenvalue weighted by molar-refractivity contribution is 0.418. The monoisotopic (exact) mass is 281 g/mol. The van der Waals surface area contributed by atoms with Crippen LogP contribution in [-0.2, 0) is 6.54 Å². The van der Waals surface area contributed by atoms with Crippen molar-refractivity contribution in [3.63, 3.8) is 0 Å². The van der Waals surface area contributed by atoms with E-state index < -0.39 is 0 Å². The highest BCUT2D eigenvalue weighted by Crippen LogP contribution is 2.34. The molecule has 4 heteroatoms. The Balaban J connectivity index is 2.03. The highest BCUT2D eigenvalue weighted by molar-refractivity contribution is 6.33. The molecule has 19 heavy (non-hydrogen) atoms. The second-order valence-electron chi connectivity index (χ2n) is 6.16. The Labute approximate surface area is 121 Å². The summed E-state index contributed by atoms with van der Waals surface area (Å²) in [5, 5.41) is 4.14. The summed E-state index contributed by atoms with van der Waals surface area (Å²) >= 11 is 6.38. The molecule has 1 aliphatic heterocycles. The third-order valence-corrected chi connectivity index (χ3v) is 3.89. The van der Waals surface area contributed by atoms with E-state index in [4.69, 9.17) is 11.6 Å². The first-order chi connectivity index (χ1) is 9.02. The highest BCUT2D eigenvalue weighted by Gasteiger charge is 2.30. The number of nitrogens with one attached hydrogen (secondary N) is 1. The second-order valence-corrected chi connectivity index (χ2v) is 6.57. The first kappa shape index (κ1) is 14.6. The summed E-state index contributed by atoms with van der Waals surface area (Å²) in [6, 6.07) is 2.04. The summed E-state index contributed by atoms with van der Waals surface area (Å²) in [7, 11) is 0. The minimum atomic E-state index is 0.367. The fourth-order valence-electron chi connectivity index (χ4n) is 2.50. The van der Waals surface area contributed by atoms with Crippen LogP contribution in [0.5, 0.6) is 0 Å². The molecule has 1 saturated heterocycles.